The second-order valence-electron chi connectivity index (χ2n) is 4.07. The van der Waals surface area contributed by atoms with Crippen LogP contribution in [-0.4, -0.2) is 23.0 Å². The molecule has 2 N–H and O–H groups in total. The third-order valence-electron chi connectivity index (χ3n) is 3.22. The third-order valence-corrected chi connectivity index (χ3v) is 4.27. The predicted molar refractivity (Wildman–Crippen MR) is 66.1 cm³/mol. The molecule has 1 aromatic heterocycles. The van der Waals surface area contributed by atoms with Gasteiger partial charge in [0.25, 0.3) is 0 Å². The van der Waals surface area contributed by atoms with E-state index in [1.807, 2.05) is 12.4 Å². The lowest BCUT2D eigenvalue weighted by Gasteiger charge is -2.29. The fourth-order valence-electron chi connectivity index (χ4n) is 2.33. The molecule has 1 aliphatic rings. The Balaban J connectivity index is 2.09. The fraction of sp³-hybridized carbons (Fsp3) is 0.583. The zero-order valence-corrected chi connectivity index (χ0v) is 9.75. The van der Waals surface area contributed by atoms with Crippen LogP contribution in [0.15, 0.2) is 24.5 Å². The number of nitrogens with two attached hydrogens (primary N) is 1. The number of hydrogen-bond acceptors (Lipinski definition) is 3. The Morgan fingerprint density at radius 2 is 2.00 bits per heavy atom. The minimum atomic E-state index is 0.536. The maximum atomic E-state index is 5.91. The number of aromatic nitrogens is 1. The second-order valence-corrected chi connectivity index (χ2v) is 5.30. The summed E-state index contributed by atoms with van der Waals surface area (Å²) in [5.74, 6) is 3.91. The second kappa shape index (κ2) is 5.52. The van der Waals surface area contributed by atoms with Gasteiger partial charge in [-0.15, -0.1) is 0 Å². The van der Waals surface area contributed by atoms with Crippen molar-refractivity contribution in [3.05, 3.63) is 30.1 Å². The van der Waals surface area contributed by atoms with Gasteiger partial charge in [0.2, 0.25) is 0 Å². The molecule has 0 radical (unpaired) electrons. The predicted octanol–water partition coefficient (Wildman–Crippen LogP) is 2.27. The molecular formula is C12H18N2S. The van der Waals surface area contributed by atoms with Gasteiger partial charge in [0.15, 0.2) is 0 Å². The highest BCUT2D eigenvalue weighted by molar-refractivity contribution is 7.99. The summed E-state index contributed by atoms with van der Waals surface area (Å²) in [6.07, 6.45) is 6.37. The van der Waals surface area contributed by atoms with Crippen LogP contribution in [0.1, 0.15) is 24.3 Å². The summed E-state index contributed by atoms with van der Waals surface area (Å²) in [7, 11) is 0. The van der Waals surface area contributed by atoms with Gasteiger partial charge in [0.05, 0.1) is 0 Å². The van der Waals surface area contributed by atoms with E-state index in [9.17, 15) is 0 Å². The van der Waals surface area contributed by atoms with Crippen LogP contribution in [-0.2, 0) is 0 Å². The number of pyridine rings is 1. The van der Waals surface area contributed by atoms with Crippen LogP contribution in [0.25, 0.3) is 0 Å². The molecule has 2 heterocycles. The Kier molecular flexibility index (Phi) is 4.03. The van der Waals surface area contributed by atoms with E-state index in [1.54, 1.807) is 0 Å². The fourth-order valence-corrected chi connectivity index (χ4v) is 3.47. The number of thioether (sulfide) groups is 1. The zero-order chi connectivity index (χ0) is 10.5. The molecule has 0 saturated carbocycles. The monoisotopic (exact) mass is 222 g/mol. The first-order valence-electron chi connectivity index (χ1n) is 5.59. The van der Waals surface area contributed by atoms with Gasteiger partial charge in [0.1, 0.15) is 0 Å². The normalized spacial score (nSPS) is 20.1. The van der Waals surface area contributed by atoms with Crippen LogP contribution < -0.4 is 5.73 Å². The van der Waals surface area contributed by atoms with Gasteiger partial charge in [-0.2, -0.15) is 11.8 Å². The summed E-state index contributed by atoms with van der Waals surface area (Å²) >= 11 is 2.07. The van der Waals surface area contributed by atoms with Gasteiger partial charge in [-0.3, -0.25) is 4.98 Å². The summed E-state index contributed by atoms with van der Waals surface area (Å²) in [6, 6.07) is 4.22. The summed E-state index contributed by atoms with van der Waals surface area (Å²) < 4.78 is 0. The summed E-state index contributed by atoms with van der Waals surface area (Å²) in [5.41, 5.74) is 7.27. The maximum absolute atomic E-state index is 5.91. The summed E-state index contributed by atoms with van der Waals surface area (Å²) in [6.45, 7) is 0.763. The molecule has 1 aliphatic heterocycles. The van der Waals surface area contributed by atoms with Crippen molar-refractivity contribution in [2.24, 2.45) is 11.7 Å². The molecule has 1 fully saturated rings. The van der Waals surface area contributed by atoms with E-state index >= 15 is 0 Å². The summed E-state index contributed by atoms with van der Waals surface area (Å²) in [5, 5.41) is 0. The van der Waals surface area contributed by atoms with Gasteiger partial charge in [-0.05, 0) is 60.4 Å². The van der Waals surface area contributed by atoms with Crippen LogP contribution >= 0.6 is 11.8 Å². The van der Waals surface area contributed by atoms with Gasteiger partial charge in [0, 0.05) is 12.4 Å². The Morgan fingerprint density at radius 3 is 2.60 bits per heavy atom. The highest BCUT2D eigenvalue weighted by Crippen LogP contribution is 2.34. The van der Waals surface area contributed by atoms with Gasteiger partial charge < -0.3 is 5.73 Å². The van der Waals surface area contributed by atoms with Crippen molar-refractivity contribution in [1.82, 2.24) is 4.98 Å². The smallest absolute Gasteiger partial charge is 0.0270 e. The third kappa shape index (κ3) is 2.73. The minimum absolute atomic E-state index is 0.536. The molecule has 0 amide bonds. The quantitative estimate of drug-likeness (QED) is 0.852. The minimum Gasteiger partial charge on any atom is -0.330 e. The molecule has 0 aliphatic carbocycles. The van der Waals surface area contributed by atoms with Crippen molar-refractivity contribution in [1.29, 1.82) is 0 Å². The number of nitrogens with zero attached hydrogens (tertiary/aromatic N) is 1. The lowest BCUT2D eigenvalue weighted by Crippen LogP contribution is -2.24. The van der Waals surface area contributed by atoms with Crippen molar-refractivity contribution in [2.45, 2.75) is 18.8 Å². The Labute approximate surface area is 95.7 Å². The molecule has 2 nitrogen and oxygen atoms in total. The zero-order valence-electron chi connectivity index (χ0n) is 8.93. The molecular weight excluding hydrogens is 204 g/mol. The highest BCUT2D eigenvalue weighted by atomic mass is 32.2. The van der Waals surface area contributed by atoms with E-state index in [4.69, 9.17) is 5.73 Å². The Bertz CT molecular complexity index is 283. The lowest BCUT2D eigenvalue weighted by molar-refractivity contribution is 0.400. The highest BCUT2D eigenvalue weighted by Gasteiger charge is 2.23. The van der Waals surface area contributed by atoms with E-state index in [1.165, 1.54) is 29.9 Å². The van der Waals surface area contributed by atoms with Crippen molar-refractivity contribution in [2.75, 3.05) is 18.1 Å². The van der Waals surface area contributed by atoms with Gasteiger partial charge >= 0.3 is 0 Å². The van der Waals surface area contributed by atoms with E-state index in [0.717, 1.165) is 12.5 Å². The first-order valence-corrected chi connectivity index (χ1v) is 6.75. The molecule has 0 spiro atoms. The van der Waals surface area contributed by atoms with Crippen molar-refractivity contribution >= 4 is 11.8 Å². The molecule has 0 aromatic carbocycles. The molecule has 0 bridgehead atoms. The molecule has 3 heteroatoms. The van der Waals surface area contributed by atoms with Crippen molar-refractivity contribution in [3.8, 4) is 0 Å². The standard InChI is InChI=1S/C12H18N2S/c13-9-12(10-1-5-14-6-2-10)11-3-7-15-8-4-11/h1-2,5-6,11-12H,3-4,7-9,13H2. The maximum Gasteiger partial charge on any atom is 0.0270 e. The number of hydrogen-bond donors (Lipinski definition) is 1. The van der Waals surface area contributed by atoms with E-state index in [0.29, 0.717) is 5.92 Å². The van der Waals surface area contributed by atoms with Crippen LogP contribution in [0.2, 0.25) is 0 Å². The molecule has 1 aromatic rings. The molecule has 15 heavy (non-hydrogen) atoms. The first kappa shape index (κ1) is 11.0. The Morgan fingerprint density at radius 1 is 1.33 bits per heavy atom. The molecule has 2 rings (SSSR count). The van der Waals surface area contributed by atoms with Crippen LogP contribution in [0.5, 0.6) is 0 Å². The number of rotatable bonds is 3. The van der Waals surface area contributed by atoms with Crippen LogP contribution in [0, 0.1) is 5.92 Å². The first-order chi connectivity index (χ1) is 7.42. The molecule has 1 atom stereocenters. The van der Waals surface area contributed by atoms with Gasteiger partial charge in [-0.25, -0.2) is 0 Å². The molecule has 82 valence electrons. The average Bonchev–Trinajstić information content (AvgIpc) is 2.33. The van der Waals surface area contributed by atoms with Crippen LogP contribution in [0.3, 0.4) is 0 Å². The molecule has 1 saturated heterocycles. The SMILES string of the molecule is NCC(c1ccncc1)C1CCSCC1. The largest absolute Gasteiger partial charge is 0.330 e. The van der Waals surface area contributed by atoms with E-state index in [2.05, 4.69) is 28.9 Å². The lowest BCUT2D eigenvalue weighted by atomic mass is 9.83. The van der Waals surface area contributed by atoms with Crippen molar-refractivity contribution in [3.63, 3.8) is 0 Å². The Hall–Kier alpha value is -0.540. The van der Waals surface area contributed by atoms with Crippen molar-refractivity contribution < 1.29 is 0 Å². The van der Waals surface area contributed by atoms with E-state index < -0.39 is 0 Å². The molecule has 1 unspecified atom stereocenters. The van der Waals surface area contributed by atoms with Gasteiger partial charge in [-0.1, -0.05) is 0 Å². The van der Waals surface area contributed by atoms with Crippen LogP contribution in [0.4, 0.5) is 0 Å². The van der Waals surface area contributed by atoms with E-state index in [-0.39, 0.29) is 0 Å². The topological polar surface area (TPSA) is 38.9 Å². The summed E-state index contributed by atoms with van der Waals surface area (Å²) in [4.78, 5) is 4.06. The average molecular weight is 222 g/mol.